The molecule has 26 heavy (non-hydrogen) atoms. The minimum absolute atomic E-state index is 0.542. The average Bonchev–Trinajstić information content (AvgIpc) is 2.48. The third-order valence-electron chi connectivity index (χ3n) is 4.04. The van der Waals surface area contributed by atoms with E-state index in [1.54, 1.807) is 0 Å². The van der Waals surface area contributed by atoms with E-state index in [1.165, 1.54) is 0 Å². The van der Waals surface area contributed by atoms with Gasteiger partial charge in [-0.3, -0.25) is 40.5 Å². The molecule has 0 N–H and O–H groups in total. The molecule has 0 heterocycles. The van der Waals surface area contributed by atoms with Crippen molar-refractivity contribution in [2.75, 3.05) is 0 Å². The SMILES string of the molecule is CC(=O)CCC(CCC(CCC(C)=O)([N+](=O)[O-])[N+](=O)[O-])([N+](=O)[O-])[N+](=O)[O-]. The highest BCUT2D eigenvalue weighted by atomic mass is 16.7. The summed E-state index contributed by atoms with van der Waals surface area (Å²) in [6, 6.07) is 0. The van der Waals surface area contributed by atoms with E-state index in [2.05, 4.69) is 0 Å². The standard InChI is InChI=1S/C12H18N4O10/c1-9(17)3-5-11(13(19)20,14(21)22)7-8-12(15(23)24,16(25)26)6-4-10(2)18/h3-8H2,1-2H3. The first kappa shape index (κ1) is 22.9. The summed E-state index contributed by atoms with van der Waals surface area (Å²) in [6.07, 6.45) is -5.08. The smallest absolute Gasteiger partial charge is 0.300 e. The van der Waals surface area contributed by atoms with Gasteiger partial charge in [-0.1, -0.05) is 0 Å². The molecule has 0 saturated carbocycles. The lowest BCUT2D eigenvalue weighted by molar-refractivity contribution is -0.816. The minimum Gasteiger partial charge on any atom is -0.300 e. The van der Waals surface area contributed by atoms with Gasteiger partial charge in [-0.05, 0) is 13.8 Å². The van der Waals surface area contributed by atoms with E-state index in [-0.39, 0.29) is 0 Å². The first-order chi connectivity index (χ1) is 11.8. The second kappa shape index (κ2) is 8.87. The molecular weight excluding hydrogens is 360 g/mol. The molecule has 0 spiro atoms. The second-order valence-corrected chi connectivity index (χ2v) is 5.90. The van der Waals surface area contributed by atoms with Crippen LogP contribution in [-0.4, -0.2) is 42.6 Å². The Bertz CT molecular complexity index is 550. The first-order valence-electron chi connectivity index (χ1n) is 7.38. The maximum absolute atomic E-state index is 11.3. The molecule has 0 saturated heterocycles. The third kappa shape index (κ3) is 5.22. The summed E-state index contributed by atoms with van der Waals surface area (Å²) >= 11 is 0. The number of Topliss-reactive ketones (excluding diaryl/α,β-unsaturated/α-hetero) is 2. The number of carbonyl (C=O) groups excluding carboxylic acids is 2. The van der Waals surface area contributed by atoms with Gasteiger partial charge in [0, 0.05) is 12.8 Å². The van der Waals surface area contributed by atoms with Gasteiger partial charge < -0.3 is 9.59 Å². The summed E-state index contributed by atoms with van der Waals surface area (Å²) in [5.74, 6) is -1.16. The van der Waals surface area contributed by atoms with Crippen molar-refractivity contribution in [2.45, 2.75) is 63.7 Å². The fourth-order valence-electron chi connectivity index (χ4n) is 2.27. The van der Waals surface area contributed by atoms with Crippen molar-refractivity contribution < 1.29 is 29.3 Å². The molecule has 0 aliphatic carbocycles. The van der Waals surface area contributed by atoms with Crippen molar-refractivity contribution in [1.29, 1.82) is 0 Å². The maximum Gasteiger partial charge on any atom is 0.459 e. The van der Waals surface area contributed by atoms with Gasteiger partial charge in [0.25, 0.3) is 0 Å². The van der Waals surface area contributed by atoms with Gasteiger partial charge in [-0.25, -0.2) is 0 Å². The highest BCUT2D eigenvalue weighted by Crippen LogP contribution is 2.32. The molecule has 0 aliphatic rings. The number of nitrogens with zero attached hydrogens (tertiary/aromatic N) is 4. The van der Waals surface area contributed by atoms with Gasteiger partial charge in [-0.2, -0.15) is 0 Å². The van der Waals surface area contributed by atoms with E-state index < -0.39 is 81.1 Å². The van der Waals surface area contributed by atoms with Gasteiger partial charge in [0.1, 0.15) is 24.4 Å². The van der Waals surface area contributed by atoms with Crippen LogP contribution in [0.5, 0.6) is 0 Å². The Hall–Kier alpha value is -3.06. The molecule has 0 rings (SSSR count). The number of rotatable bonds is 13. The number of ketones is 2. The monoisotopic (exact) mass is 378 g/mol. The van der Waals surface area contributed by atoms with E-state index in [0.717, 1.165) is 13.8 Å². The molecular formula is C12H18N4O10. The Morgan fingerprint density at radius 2 is 0.846 bits per heavy atom. The molecule has 14 nitrogen and oxygen atoms in total. The molecule has 0 aromatic carbocycles. The molecule has 0 radical (unpaired) electrons. The van der Waals surface area contributed by atoms with Crippen LogP contribution in [0.3, 0.4) is 0 Å². The fourth-order valence-corrected chi connectivity index (χ4v) is 2.27. The Balaban J connectivity index is 5.83. The highest BCUT2D eigenvalue weighted by Gasteiger charge is 2.63. The lowest BCUT2D eigenvalue weighted by Gasteiger charge is -2.20. The van der Waals surface area contributed by atoms with Crippen LogP contribution in [0.2, 0.25) is 0 Å². The van der Waals surface area contributed by atoms with Crippen LogP contribution < -0.4 is 0 Å². The van der Waals surface area contributed by atoms with E-state index in [4.69, 9.17) is 0 Å². The summed E-state index contributed by atoms with van der Waals surface area (Å²) in [5, 5.41) is 45.0. The van der Waals surface area contributed by atoms with Crippen molar-refractivity contribution in [3.05, 3.63) is 40.5 Å². The Kier molecular flexibility index (Phi) is 7.82. The Morgan fingerprint density at radius 3 is 1.00 bits per heavy atom. The number of carbonyl (C=O) groups is 2. The molecule has 0 amide bonds. The van der Waals surface area contributed by atoms with Crippen molar-refractivity contribution in [1.82, 2.24) is 0 Å². The average molecular weight is 378 g/mol. The normalized spacial score (nSPS) is 11.6. The summed E-state index contributed by atoms with van der Waals surface area (Å²) in [5.41, 5.74) is -5.95. The third-order valence-corrected chi connectivity index (χ3v) is 4.04. The summed E-state index contributed by atoms with van der Waals surface area (Å²) < 4.78 is 0. The number of hydrogen-bond acceptors (Lipinski definition) is 10. The molecule has 0 atom stereocenters. The largest absolute Gasteiger partial charge is 0.459 e. The quantitative estimate of drug-likeness (QED) is 0.252. The maximum atomic E-state index is 11.3. The van der Waals surface area contributed by atoms with Crippen LogP contribution in [0.15, 0.2) is 0 Å². The minimum atomic E-state index is -2.97. The lowest BCUT2D eigenvalue weighted by atomic mass is 9.90. The van der Waals surface area contributed by atoms with Crippen LogP contribution in [0.25, 0.3) is 0 Å². The van der Waals surface area contributed by atoms with E-state index >= 15 is 0 Å². The van der Waals surface area contributed by atoms with Crippen molar-refractivity contribution >= 4 is 11.6 Å². The van der Waals surface area contributed by atoms with E-state index in [1.807, 2.05) is 0 Å². The van der Waals surface area contributed by atoms with Crippen molar-refractivity contribution in [3.8, 4) is 0 Å². The lowest BCUT2D eigenvalue weighted by Crippen LogP contribution is -2.52. The topological polar surface area (TPSA) is 207 Å². The summed E-state index contributed by atoms with van der Waals surface area (Å²) in [4.78, 5) is 61.9. The summed E-state index contributed by atoms with van der Waals surface area (Å²) in [7, 11) is 0. The van der Waals surface area contributed by atoms with Gasteiger partial charge in [-0.15, -0.1) is 0 Å². The predicted molar refractivity (Wildman–Crippen MR) is 82.5 cm³/mol. The van der Waals surface area contributed by atoms with Crippen LogP contribution in [0.1, 0.15) is 52.4 Å². The Labute approximate surface area is 146 Å². The molecule has 0 aliphatic heterocycles. The summed E-state index contributed by atoms with van der Waals surface area (Å²) in [6.45, 7) is 2.10. The molecule has 0 fully saturated rings. The molecule has 146 valence electrons. The van der Waals surface area contributed by atoms with Crippen LogP contribution in [0.4, 0.5) is 0 Å². The zero-order valence-corrected chi connectivity index (χ0v) is 14.1. The molecule has 0 unspecified atom stereocenters. The van der Waals surface area contributed by atoms with Crippen LogP contribution >= 0.6 is 0 Å². The Morgan fingerprint density at radius 1 is 0.615 bits per heavy atom. The van der Waals surface area contributed by atoms with Crippen LogP contribution in [0, 0.1) is 40.5 Å². The van der Waals surface area contributed by atoms with Gasteiger partial charge in [0.15, 0.2) is 0 Å². The van der Waals surface area contributed by atoms with Crippen molar-refractivity contribution in [2.24, 2.45) is 0 Å². The van der Waals surface area contributed by atoms with Gasteiger partial charge >= 0.3 is 11.3 Å². The number of nitro groups is 4. The van der Waals surface area contributed by atoms with Crippen molar-refractivity contribution in [3.63, 3.8) is 0 Å². The van der Waals surface area contributed by atoms with Gasteiger partial charge in [0.2, 0.25) is 0 Å². The zero-order chi connectivity index (χ0) is 20.7. The first-order valence-corrected chi connectivity index (χ1v) is 7.38. The fraction of sp³-hybridized carbons (Fsp3) is 0.833. The zero-order valence-electron chi connectivity index (χ0n) is 14.1. The molecule has 0 aromatic rings. The highest BCUT2D eigenvalue weighted by molar-refractivity contribution is 5.75. The predicted octanol–water partition coefficient (Wildman–Crippen LogP) is 1.00. The van der Waals surface area contributed by atoms with Gasteiger partial charge in [0.05, 0.1) is 32.5 Å². The van der Waals surface area contributed by atoms with Crippen LogP contribution in [-0.2, 0) is 9.59 Å². The van der Waals surface area contributed by atoms with E-state index in [9.17, 15) is 50.0 Å². The molecule has 0 aromatic heterocycles. The molecule has 14 heteroatoms. The number of hydrogen-bond donors (Lipinski definition) is 0. The second-order valence-electron chi connectivity index (χ2n) is 5.90. The van der Waals surface area contributed by atoms with E-state index in [0.29, 0.717) is 0 Å². The molecule has 0 bridgehead atoms.